The van der Waals surface area contributed by atoms with E-state index in [0.717, 1.165) is 19.3 Å². The number of hydrogen-bond acceptors (Lipinski definition) is 4. The third kappa shape index (κ3) is 2.69. The van der Waals surface area contributed by atoms with E-state index in [-0.39, 0.29) is 29.0 Å². The first-order chi connectivity index (χ1) is 12.9. The average Bonchev–Trinajstić information content (AvgIpc) is 3.32. The summed E-state index contributed by atoms with van der Waals surface area (Å²) in [5.41, 5.74) is 1.18. The molecule has 1 N–H and O–H groups in total. The van der Waals surface area contributed by atoms with Crippen LogP contribution >= 0.6 is 0 Å². The number of aromatic nitrogens is 2. The molecule has 1 heterocycles. The van der Waals surface area contributed by atoms with Crippen LogP contribution in [0.2, 0.25) is 0 Å². The lowest BCUT2D eigenvalue weighted by molar-refractivity contribution is -0.314. The number of hydrogen-bond donors (Lipinski definition) is 1. The number of carboxylic acid groups (broad SMARTS) is 1. The Hall–Kier alpha value is -2.83. The normalized spacial score (nSPS) is 26.3. The molecule has 142 valence electrons. The lowest BCUT2D eigenvalue weighted by Gasteiger charge is -2.30. The molecule has 0 spiro atoms. The molecule has 1 amide bonds. The standard InChI is InChI=1S/C20H23N3O4/c1-11-17(19(25)23(22(11)2)14-6-4-3-5-7-14)21-18(24)15-12-8-9-13(10-12)16(15)20(26)27/h3-7,12-13,15-16H,8-10H2,1-2H3,(H,21,24)(H,26,27)/p-1/t12-,13+,15+,16+/m1/s1. The molecule has 0 radical (unpaired) electrons. The summed E-state index contributed by atoms with van der Waals surface area (Å²) in [4.78, 5) is 37.4. The summed E-state index contributed by atoms with van der Waals surface area (Å²) in [6.07, 6.45) is 2.44. The van der Waals surface area contributed by atoms with Crippen molar-refractivity contribution in [3.05, 3.63) is 46.4 Å². The lowest BCUT2D eigenvalue weighted by Crippen LogP contribution is -2.44. The number of benzene rings is 1. The molecule has 2 aromatic rings. The van der Waals surface area contributed by atoms with Gasteiger partial charge in [0.05, 0.1) is 11.4 Å². The molecule has 0 aliphatic heterocycles. The summed E-state index contributed by atoms with van der Waals surface area (Å²) in [6.45, 7) is 1.76. The van der Waals surface area contributed by atoms with Crippen LogP contribution in [0, 0.1) is 30.6 Å². The predicted molar refractivity (Wildman–Crippen MR) is 97.2 cm³/mol. The maximum absolute atomic E-state index is 12.9. The van der Waals surface area contributed by atoms with E-state index in [1.807, 2.05) is 30.3 Å². The van der Waals surface area contributed by atoms with Gasteiger partial charge in [-0.25, -0.2) is 4.68 Å². The van der Waals surface area contributed by atoms with Crippen molar-refractivity contribution in [2.24, 2.45) is 30.7 Å². The van der Waals surface area contributed by atoms with Gasteiger partial charge in [-0.3, -0.25) is 14.3 Å². The van der Waals surface area contributed by atoms with Gasteiger partial charge in [-0.2, -0.15) is 0 Å². The highest BCUT2D eigenvalue weighted by Crippen LogP contribution is 2.52. The molecule has 1 aromatic heterocycles. The summed E-state index contributed by atoms with van der Waals surface area (Å²) in [6, 6.07) is 9.16. The highest BCUT2D eigenvalue weighted by atomic mass is 16.4. The van der Waals surface area contributed by atoms with Gasteiger partial charge in [-0.05, 0) is 50.2 Å². The summed E-state index contributed by atoms with van der Waals surface area (Å²) < 4.78 is 3.17. The fourth-order valence-corrected chi connectivity index (χ4v) is 4.93. The second kappa shape index (κ2) is 6.40. The molecule has 2 aliphatic carbocycles. The van der Waals surface area contributed by atoms with Crippen LogP contribution in [0.25, 0.3) is 5.69 Å². The summed E-state index contributed by atoms with van der Waals surface area (Å²) >= 11 is 0. The van der Waals surface area contributed by atoms with Crippen molar-refractivity contribution in [3.63, 3.8) is 0 Å². The maximum atomic E-state index is 12.9. The molecule has 2 aliphatic rings. The molecule has 4 rings (SSSR count). The quantitative estimate of drug-likeness (QED) is 0.865. The van der Waals surface area contributed by atoms with Gasteiger partial charge in [0.2, 0.25) is 5.91 Å². The molecular weight excluding hydrogens is 346 g/mol. The average molecular weight is 368 g/mol. The number of carboxylic acids is 1. The topological polar surface area (TPSA) is 96.2 Å². The fraction of sp³-hybridized carbons (Fsp3) is 0.450. The van der Waals surface area contributed by atoms with Crippen LogP contribution in [0.4, 0.5) is 5.69 Å². The number of amides is 1. The number of para-hydroxylation sites is 1. The summed E-state index contributed by atoms with van der Waals surface area (Å²) in [7, 11) is 1.75. The first kappa shape index (κ1) is 17.6. The van der Waals surface area contributed by atoms with Crippen molar-refractivity contribution in [1.29, 1.82) is 0 Å². The Kier molecular flexibility index (Phi) is 4.17. The minimum absolute atomic E-state index is 0.00796. The smallest absolute Gasteiger partial charge is 0.295 e. The lowest BCUT2D eigenvalue weighted by atomic mass is 9.78. The van der Waals surface area contributed by atoms with Gasteiger partial charge in [0.1, 0.15) is 5.69 Å². The van der Waals surface area contributed by atoms with Crippen LogP contribution in [-0.4, -0.2) is 21.2 Å². The minimum Gasteiger partial charge on any atom is -0.550 e. The first-order valence-corrected chi connectivity index (χ1v) is 9.26. The molecule has 4 atom stereocenters. The van der Waals surface area contributed by atoms with Gasteiger partial charge >= 0.3 is 0 Å². The first-order valence-electron chi connectivity index (χ1n) is 9.26. The largest absolute Gasteiger partial charge is 0.550 e. The van der Waals surface area contributed by atoms with E-state index in [4.69, 9.17) is 0 Å². The van der Waals surface area contributed by atoms with Gasteiger partial charge in [-0.1, -0.05) is 18.2 Å². The van der Waals surface area contributed by atoms with Crippen molar-refractivity contribution in [2.45, 2.75) is 26.2 Å². The second-order valence-corrected chi connectivity index (χ2v) is 7.63. The Labute approximate surface area is 156 Å². The molecule has 27 heavy (non-hydrogen) atoms. The van der Waals surface area contributed by atoms with Crippen LogP contribution in [-0.2, 0) is 16.6 Å². The summed E-state index contributed by atoms with van der Waals surface area (Å²) in [5.74, 6) is -2.87. The molecule has 2 bridgehead atoms. The molecule has 2 fully saturated rings. The molecule has 1 aromatic carbocycles. The van der Waals surface area contributed by atoms with E-state index in [9.17, 15) is 19.5 Å². The fourth-order valence-electron chi connectivity index (χ4n) is 4.93. The number of nitrogens with one attached hydrogen (secondary N) is 1. The van der Waals surface area contributed by atoms with Crippen molar-refractivity contribution in [1.82, 2.24) is 9.36 Å². The van der Waals surface area contributed by atoms with E-state index < -0.39 is 17.8 Å². The zero-order valence-corrected chi connectivity index (χ0v) is 15.3. The van der Waals surface area contributed by atoms with Crippen LogP contribution in [0.5, 0.6) is 0 Å². The number of aliphatic carboxylic acids is 1. The van der Waals surface area contributed by atoms with Crippen LogP contribution in [0.3, 0.4) is 0 Å². The minimum atomic E-state index is -1.16. The van der Waals surface area contributed by atoms with Gasteiger partial charge in [0.25, 0.3) is 5.56 Å². The Balaban J connectivity index is 1.67. The highest BCUT2D eigenvalue weighted by molar-refractivity contribution is 5.96. The molecule has 7 heteroatoms. The maximum Gasteiger partial charge on any atom is 0.295 e. The van der Waals surface area contributed by atoms with E-state index in [2.05, 4.69) is 5.32 Å². The number of nitrogens with zero attached hydrogens (tertiary/aromatic N) is 2. The molecule has 2 saturated carbocycles. The van der Waals surface area contributed by atoms with E-state index in [1.165, 1.54) is 4.68 Å². The monoisotopic (exact) mass is 368 g/mol. The van der Waals surface area contributed by atoms with Gasteiger partial charge in [0, 0.05) is 24.9 Å². The van der Waals surface area contributed by atoms with Gasteiger partial charge in [-0.15, -0.1) is 0 Å². The van der Waals surface area contributed by atoms with E-state index in [1.54, 1.807) is 18.7 Å². The SMILES string of the molecule is Cc1c(NC(=O)[C@H]2[C@@H]3CC[C@@H](C3)[C@@H]2C(=O)[O-])c(=O)n(-c2ccccc2)n1C. The number of anilines is 1. The zero-order valence-electron chi connectivity index (χ0n) is 15.3. The number of carbonyl (C=O) groups excluding carboxylic acids is 2. The van der Waals surface area contributed by atoms with E-state index in [0.29, 0.717) is 11.4 Å². The third-order valence-electron chi connectivity index (χ3n) is 6.29. The van der Waals surface area contributed by atoms with Crippen molar-refractivity contribution in [2.75, 3.05) is 5.32 Å². The Bertz CT molecular complexity index is 960. The number of carbonyl (C=O) groups is 2. The van der Waals surface area contributed by atoms with Crippen LogP contribution in [0.1, 0.15) is 25.0 Å². The second-order valence-electron chi connectivity index (χ2n) is 7.63. The Morgan fingerprint density at radius 3 is 2.37 bits per heavy atom. The molecule has 0 saturated heterocycles. The van der Waals surface area contributed by atoms with Gasteiger partial charge in [0.15, 0.2) is 0 Å². The third-order valence-corrected chi connectivity index (χ3v) is 6.29. The highest BCUT2D eigenvalue weighted by Gasteiger charge is 2.51. The molecular formula is C20H22N3O4-. The van der Waals surface area contributed by atoms with E-state index >= 15 is 0 Å². The number of fused-ring (bicyclic) bond motifs is 2. The molecule has 7 nitrogen and oxygen atoms in total. The Morgan fingerprint density at radius 2 is 1.74 bits per heavy atom. The van der Waals surface area contributed by atoms with Crippen LogP contribution < -0.4 is 16.0 Å². The predicted octanol–water partition coefficient (Wildman–Crippen LogP) is 0.835. The summed E-state index contributed by atoms with van der Waals surface area (Å²) in [5, 5.41) is 14.3. The number of rotatable bonds is 4. The van der Waals surface area contributed by atoms with Crippen molar-refractivity contribution in [3.8, 4) is 5.69 Å². The molecule has 0 unspecified atom stereocenters. The van der Waals surface area contributed by atoms with Crippen molar-refractivity contribution >= 4 is 17.6 Å². The Morgan fingerprint density at radius 1 is 1.11 bits per heavy atom. The van der Waals surface area contributed by atoms with Crippen molar-refractivity contribution < 1.29 is 14.7 Å². The zero-order chi connectivity index (χ0) is 19.3. The van der Waals surface area contributed by atoms with Crippen LogP contribution in [0.15, 0.2) is 35.1 Å². The van der Waals surface area contributed by atoms with Gasteiger partial charge < -0.3 is 15.2 Å².